The zero-order valence-corrected chi connectivity index (χ0v) is 16.2. The normalized spacial score (nSPS) is 17.2. The van der Waals surface area contributed by atoms with E-state index in [0.717, 1.165) is 11.1 Å². The summed E-state index contributed by atoms with van der Waals surface area (Å²) in [4.78, 5) is 16.8. The average Bonchev–Trinajstić information content (AvgIpc) is 3.07. The Labute approximate surface area is 165 Å². The van der Waals surface area contributed by atoms with Crippen molar-refractivity contribution in [3.05, 3.63) is 71.8 Å². The number of ether oxygens (including phenoxy) is 2. The van der Waals surface area contributed by atoms with Crippen molar-refractivity contribution in [3.8, 4) is 0 Å². The number of hydrogen-bond donors (Lipinski definition) is 2. The molecule has 1 aliphatic heterocycles. The van der Waals surface area contributed by atoms with Crippen LogP contribution in [0.2, 0.25) is 0 Å². The zero-order chi connectivity index (χ0) is 20.0. The summed E-state index contributed by atoms with van der Waals surface area (Å²) in [5.74, 6) is 0.245. The summed E-state index contributed by atoms with van der Waals surface area (Å²) in [6.45, 7) is 4.42. The topological polar surface area (TPSA) is 80.2 Å². The van der Waals surface area contributed by atoms with Gasteiger partial charge in [-0.05, 0) is 31.4 Å². The quantitative estimate of drug-likeness (QED) is 0.771. The molecule has 0 spiro atoms. The van der Waals surface area contributed by atoms with Gasteiger partial charge in [0.2, 0.25) is 5.90 Å². The largest absolute Gasteiger partial charge is 0.476 e. The van der Waals surface area contributed by atoms with Crippen LogP contribution in [0.25, 0.3) is 0 Å². The SMILES string of the molecule is CC1(C)COC(C(O)[C@H](Cc2ccccc2)NC(=O)OCc2ccccc2)=N1. The first-order valence-electron chi connectivity index (χ1n) is 9.35. The highest BCUT2D eigenvalue weighted by molar-refractivity contribution is 5.84. The minimum atomic E-state index is -1.06. The monoisotopic (exact) mass is 382 g/mol. The standard InChI is InChI=1S/C22H26N2O4/c1-22(2)15-28-20(24-22)19(25)18(13-16-9-5-3-6-10-16)23-21(26)27-14-17-11-7-4-8-12-17/h3-12,18-19,25H,13-15H2,1-2H3,(H,23,26)/t18-,19?/m0/s1. The van der Waals surface area contributed by atoms with Crippen LogP contribution in [0.1, 0.15) is 25.0 Å². The number of rotatable bonds is 7. The molecule has 3 rings (SSSR count). The van der Waals surface area contributed by atoms with Crippen LogP contribution in [-0.2, 0) is 22.5 Å². The summed E-state index contributed by atoms with van der Waals surface area (Å²) in [6.07, 6.45) is -1.24. The van der Waals surface area contributed by atoms with Gasteiger partial charge in [0.25, 0.3) is 0 Å². The molecule has 0 bridgehead atoms. The van der Waals surface area contributed by atoms with E-state index in [-0.39, 0.29) is 18.0 Å². The highest BCUT2D eigenvalue weighted by atomic mass is 16.5. The summed E-state index contributed by atoms with van der Waals surface area (Å²) in [6, 6.07) is 18.4. The molecule has 1 heterocycles. The zero-order valence-electron chi connectivity index (χ0n) is 16.2. The van der Waals surface area contributed by atoms with Crippen molar-refractivity contribution in [2.45, 2.75) is 44.6 Å². The summed E-state index contributed by atoms with van der Waals surface area (Å²) in [5.41, 5.74) is 1.48. The van der Waals surface area contributed by atoms with E-state index >= 15 is 0 Å². The molecule has 0 aromatic heterocycles. The van der Waals surface area contributed by atoms with E-state index in [1.54, 1.807) is 0 Å². The van der Waals surface area contributed by atoms with Gasteiger partial charge < -0.3 is 19.9 Å². The van der Waals surface area contributed by atoms with Crippen molar-refractivity contribution >= 4 is 12.0 Å². The lowest BCUT2D eigenvalue weighted by atomic mass is 10.0. The number of hydrogen-bond acceptors (Lipinski definition) is 5. The molecule has 6 heteroatoms. The third kappa shape index (κ3) is 5.57. The molecule has 0 radical (unpaired) electrons. The van der Waals surface area contributed by atoms with Gasteiger partial charge in [0.15, 0.2) is 0 Å². The minimum absolute atomic E-state index is 0.158. The van der Waals surface area contributed by atoms with Crippen molar-refractivity contribution < 1.29 is 19.4 Å². The maximum atomic E-state index is 12.3. The molecule has 6 nitrogen and oxygen atoms in total. The summed E-state index contributed by atoms with van der Waals surface area (Å²) < 4.78 is 10.9. The highest BCUT2D eigenvalue weighted by Gasteiger charge is 2.35. The first-order chi connectivity index (χ1) is 13.4. The first kappa shape index (κ1) is 19.9. The van der Waals surface area contributed by atoms with Crippen LogP contribution >= 0.6 is 0 Å². The summed E-state index contributed by atoms with van der Waals surface area (Å²) >= 11 is 0. The molecule has 2 aromatic rings. The third-order valence-corrected chi connectivity index (χ3v) is 4.43. The Hall–Kier alpha value is -2.86. The van der Waals surface area contributed by atoms with E-state index < -0.39 is 18.2 Å². The lowest BCUT2D eigenvalue weighted by Crippen LogP contribution is -2.48. The van der Waals surface area contributed by atoms with Crippen LogP contribution < -0.4 is 5.32 Å². The van der Waals surface area contributed by atoms with Crippen LogP contribution in [0.15, 0.2) is 65.7 Å². The van der Waals surface area contributed by atoms with Gasteiger partial charge >= 0.3 is 6.09 Å². The second-order valence-electron chi connectivity index (χ2n) is 7.50. The number of carbonyl (C=O) groups excluding carboxylic acids is 1. The van der Waals surface area contributed by atoms with Crippen molar-refractivity contribution in [3.63, 3.8) is 0 Å². The number of benzene rings is 2. The predicted octanol–water partition coefficient (Wildman–Crippen LogP) is 3.09. The smallest absolute Gasteiger partial charge is 0.407 e. The van der Waals surface area contributed by atoms with Gasteiger partial charge in [-0.3, -0.25) is 0 Å². The molecule has 1 aliphatic rings. The third-order valence-electron chi connectivity index (χ3n) is 4.43. The van der Waals surface area contributed by atoms with Crippen molar-refractivity contribution in [2.24, 2.45) is 4.99 Å². The first-order valence-corrected chi connectivity index (χ1v) is 9.35. The van der Waals surface area contributed by atoms with Gasteiger partial charge in [-0.25, -0.2) is 9.79 Å². The molecule has 0 saturated carbocycles. The van der Waals surface area contributed by atoms with E-state index in [9.17, 15) is 9.90 Å². The van der Waals surface area contributed by atoms with E-state index in [1.807, 2.05) is 74.5 Å². The molecule has 1 unspecified atom stereocenters. The average molecular weight is 382 g/mol. The number of carbonyl (C=O) groups is 1. The molecular formula is C22H26N2O4. The predicted molar refractivity (Wildman–Crippen MR) is 107 cm³/mol. The second kappa shape index (κ2) is 8.89. The lowest BCUT2D eigenvalue weighted by Gasteiger charge is -2.23. The van der Waals surface area contributed by atoms with Gasteiger partial charge in [-0.15, -0.1) is 0 Å². The fraction of sp³-hybridized carbons (Fsp3) is 0.364. The Morgan fingerprint density at radius 2 is 1.75 bits per heavy atom. The van der Waals surface area contributed by atoms with E-state index in [0.29, 0.717) is 13.0 Å². The number of aliphatic hydroxyl groups excluding tert-OH is 1. The number of nitrogens with one attached hydrogen (secondary N) is 1. The van der Waals surface area contributed by atoms with Gasteiger partial charge in [-0.1, -0.05) is 60.7 Å². The number of aliphatic hydroxyl groups is 1. The highest BCUT2D eigenvalue weighted by Crippen LogP contribution is 2.20. The van der Waals surface area contributed by atoms with Crippen molar-refractivity contribution in [1.82, 2.24) is 5.32 Å². The van der Waals surface area contributed by atoms with Crippen LogP contribution in [0, 0.1) is 0 Å². The van der Waals surface area contributed by atoms with Crippen molar-refractivity contribution in [2.75, 3.05) is 6.61 Å². The van der Waals surface area contributed by atoms with Crippen LogP contribution in [0.5, 0.6) is 0 Å². The van der Waals surface area contributed by atoms with Gasteiger partial charge in [0.1, 0.15) is 19.3 Å². The molecule has 148 valence electrons. The molecular weight excluding hydrogens is 356 g/mol. The Morgan fingerprint density at radius 1 is 1.14 bits per heavy atom. The fourth-order valence-electron chi connectivity index (χ4n) is 2.96. The van der Waals surface area contributed by atoms with Crippen molar-refractivity contribution in [1.29, 1.82) is 0 Å². The van der Waals surface area contributed by atoms with E-state index in [1.165, 1.54) is 0 Å². The van der Waals surface area contributed by atoms with E-state index in [2.05, 4.69) is 10.3 Å². The molecule has 28 heavy (non-hydrogen) atoms. The Kier molecular flexibility index (Phi) is 6.31. The number of alkyl carbamates (subject to hydrolysis) is 1. The van der Waals surface area contributed by atoms with E-state index in [4.69, 9.17) is 9.47 Å². The second-order valence-corrected chi connectivity index (χ2v) is 7.50. The van der Waals surface area contributed by atoms with Gasteiger partial charge in [0, 0.05) is 0 Å². The minimum Gasteiger partial charge on any atom is -0.476 e. The van der Waals surface area contributed by atoms with Gasteiger partial charge in [0.05, 0.1) is 11.6 Å². The maximum absolute atomic E-state index is 12.3. The summed E-state index contributed by atoms with van der Waals surface area (Å²) in [5, 5.41) is 13.6. The molecule has 0 fully saturated rings. The number of nitrogens with zero attached hydrogens (tertiary/aromatic N) is 1. The Bertz CT molecular complexity index is 806. The number of amides is 1. The van der Waals surface area contributed by atoms with Crippen LogP contribution in [0.3, 0.4) is 0 Å². The lowest BCUT2D eigenvalue weighted by molar-refractivity contribution is 0.115. The molecule has 2 N–H and O–H groups in total. The molecule has 0 saturated heterocycles. The summed E-state index contributed by atoms with van der Waals surface area (Å²) in [7, 11) is 0. The maximum Gasteiger partial charge on any atom is 0.407 e. The van der Waals surface area contributed by atoms with Crippen LogP contribution in [-0.4, -0.2) is 41.4 Å². The van der Waals surface area contributed by atoms with Gasteiger partial charge in [-0.2, -0.15) is 0 Å². The Balaban J connectivity index is 1.67. The van der Waals surface area contributed by atoms with Crippen LogP contribution in [0.4, 0.5) is 4.79 Å². The molecule has 0 aliphatic carbocycles. The molecule has 2 aromatic carbocycles. The molecule has 2 atom stereocenters. The molecule has 1 amide bonds. The fourth-order valence-corrected chi connectivity index (χ4v) is 2.96. The number of aliphatic imine (C=N–C) groups is 1. The Morgan fingerprint density at radius 3 is 2.32 bits per heavy atom.